The summed E-state index contributed by atoms with van der Waals surface area (Å²) in [5.74, 6) is -5.39. The molecule has 0 aromatic carbocycles. The van der Waals surface area contributed by atoms with E-state index < -0.39 is 23.4 Å². The van der Waals surface area contributed by atoms with E-state index in [0.717, 1.165) is 0 Å². The molecule has 1 N–H and O–H groups in total. The van der Waals surface area contributed by atoms with E-state index in [1.807, 2.05) is 0 Å². The van der Waals surface area contributed by atoms with Crippen molar-refractivity contribution in [3.05, 3.63) is 23.7 Å². The third kappa shape index (κ3) is 0.854. The average Bonchev–Trinajstić information content (AvgIpc) is 2.14. The lowest BCUT2D eigenvalue weighted by molar-refractivity contribution is 0.0655. The quantitative estimate of drug-likeness (QED) is 0.652. The molecule has 10 heavy (non-hydrogen) atoms. The van der Waals surface area contributed by atoms with E-state index in [1.165, 1.54) is 0 Å². The molecule has 0 aliphatic rings. The molecule has 0 saturated heterocycles. The minimum Gasteiger partial charge on any atom is -0.475 e. The minimum atomic E-state index is -1.62. The number of aromatic carboxylic acids is 1. The van der Waals surface area contributed by atoms with Crippen molar-refractivity contribution in [1.29, 1.82) is 0 Å². The first-order chi connectivity index (χ1) is 4.63. The van der Waals surface area contributed by atoms with Crippen LogP contribution in [0.2, 0.25) is 0 Å². The smallest absolute Gasteiger partial charge is 0.375 e. The molecular formula is C5H2F2O3. The fourth-order valence-corrected chi connectivity index (χ4v) is 0.467. The standard InChI is InChI=1S/C5H2F2O3/c6-2-1-10-4(3(2)7)5(8)9/h1H,(H,8,9). The number of halogens is 2. The third-order valence-electron chi connectivity index (χ3n) is 0.884. The van der Waals surface area contributed by atoms with E-state index in [-0.39, 0.29) is 0 Å². The Morgan fingerprint density at radius 2 is 2.20 bits per heavy atom. The molecule has 0 aliphatic carbocycles. The molecule has 1 aromatic rings. The molecule has 0 atom stereocenters. The van der Waals surface area contributed by atoms with Crippen LogP contribution in [-0.2, 0) is 0 Å². The van der Waals surface area contributed by atoms with Crippen LogP contribution in [0.15, 0.2) is 10.7 Å². The zero-order valence-corrected chi connectivity index (χ0v) is 4.60. The first kappa shape index (κ1) is 6.73. The Balaban J connectivity index is 3.17. The molecule has 0 saturated carbocycles. The van der Waals surface area contributed by atoms with Gasteiger partial charge in [-0.3, -0.25) is 0 Å². The van der Waals surface area contributed by atoms with Crippen molar-refractivity contribution in [2.24, 2.45) is 0 Å². The van der Waals surface area contributed by atoms with Gasteiger partial charge in [-0.1, -0.05) is 0 Å². The number of carboxylic acid groups (broad SMARTS) is 1. The van der Waals surface area contributed by atoms with E-state index in [9.17, 15) is 13.6 Å². The van der Waals surface area contributed by atoms with Crippen LogP contribution in [0, 0.1) is 11.6 Å². The maximum Gasteiger partial charge on any atom is 0.375 e. The molecule has 0 radical (unpaired) electrons. The monoisotopic (exact) mass is 148 g/mol. The summed E-state index contributed by atoms with van der Waals surface area (Å²) >= 11 is 0. The van der Waals surface area contributed by atoms with Gasteiger partial charge in [0.1, 0.15) is 6.26 Å². The van der Waals surface area contributed by atoms with Crippen LogP contribution in [0.4, 0.5) is 8.78 Å². The zero-order chi connectivity index (χ0) is 7.72. The van der Waals surface area contributed by atoms with Crippen molar-refractivity contribution in [1.82, 2.24) is 0 Å². The highest BCUT2D eigenvalue weighted by molar-refractivity contribution is 5.84. The van der Waals surface area contributed by atoms with Crippen molar-refractivity contribution in [2.75, 3.05) is 0 Å². The van der Waals surface area contributed by atoms with Crippen LogP contribution in [0.25, 0.3) is 0 Å². The normalized spacial score (nSPS) is 9.80. The molecule has 0 unspecified atom stereocenters. The average molecular weight is 148 g/mol. The van der Waals surface area contributed by atoms with Gasteiger partial charge in [-0.15, -0.1) is 0 Å². The van der Waals surface area contributed by atoms with Crippen LogP contribution in [0.3, 0.4) is 0 Å². The molecule has 54 valence electrons. The third-order valence-corrected chi connectivity index (χ3v) is 0.884. The molecular weight excluding hydrogens is 146 g/mol. The van der Waals surface area contributed by atoms with Gasteiger partial charge in [0, 0.05) is 0 Å². The highest BCUT2D eigenvalue weighted by atomic mass is 19.2. The largest absolute Gasteiger partial charge is 0.475 e. The van der Waals surface area contributed by atoms with Gasteiger partial charge in [0.2, 0.25) is 11.6 Å². The van der Waals surface area contributed by atoms with Crippen LogP contribution in [-0.4, -0.2) is 11.1 Å². The number of rotatable bonds is 1. The van der Waals surface area contributed by atoms with Gasteiger partial charge in [-0.05, 0) is 0 Å². The topological polar surface area (TPSA) is 50.4 Å². The van der Waals surface area contributed by atoms with Gasteiger partial charge < -0.3 is 9.52 Å². The molecule has 1 rings (SSSR count). The van der Waals surface area contributed by atoms with Gasteiger partial charge in [0.25, 0.3) is 0 Å². The van der Waals surface area contributed by atoms with Crippen molar-refractivity contribution in [3.8, 4) is 0 Å². The Hall–Kier alpha value is -1.39. The summed E-state index contributed by atoms with van der Waals surface area (Å²) in [7, 11) is 0. The summed E-state index contributed by atoms with van der Waals surface area (Å²) in [6, 6.07) is 0. The number of hydrogen-bond donors (Lipinski definition) is 1. The fourth-order valence-electron chi connectivity index (χ4n) is 0.467. The van der Waals surface area contributed by atoms with E-state index in [1.54, 1.807) is 0 Å². The van der Waals surface area contributed by atoms with Crippen LogP contribution >= 0.6 is 0 Å². The van der Waals surface area contributed by atoms with Crippen LogP contribution in [0.1, 0.15) is 10.6 Å². The maximum atomic E-state index is 12.2. The number of carboxylic acids is 1. The lowest BCUT2D eigenvalue weighted by Gasteiger charge is -1.82. The predicted molar refractivity (Wildman–Crippen MR) is 25.6 cm³/mol. The van der Waals surface area contributed by atoms with Crippen molar-refractivity contribution >= 4 is 5.97 Å². The first-order valence-corrected chi connectivity index (χ1v) is 2.28. The molecule has 0 aliphatic heterocycles. The Labute approximate surface area is 53.9 Å². The highest BCUT2D eigenvalue weighted by Gasteiger charge is 2.18. The molecule has 1 aromatic heterocycles. The summed E-state index contributed by atoms with van der Waals surface area (Å²) in [5.41, 5.74) is 0. The van der Waals surface area contributed by atoms with Crippen LogP contribution < -0.4 is 0 Å². The Kier molecular flexibility index (Phi) is 1.41. The SMILES string of the molecule is O=C(O)c1occ(F)c1F. The lowest BCUT2D eigenvalue weighted by atomic mass is 10.4. The maximum absolute atomic E-state index is 12.2. The highest BCUT2D eigenvalue weighted by Crippen LogP contribution is 2.12. The minimum absolute atomic E-state index is 0.402. The second-order valence-corrected chi connectivity index (χ2v) is 1.53. The molecule has 1 heterocycles. The van der Waals surface area contributed by atoms with Crippen LogP contribution in [0.5, 0.6) is 0 Å². The van der Waals surface area contributed by atoms with E-state index in [4.69, 9.17) is 5.11 Å². The Morgan fingerprint density at radius 3 is 2.40 bits per heavy atom. The van der Waals surface area contributed by atoms with E-state index in [2.05, 4.69) is 4.42 Å². The summed E-state index contributed by atoms with van der Waals surface area (Å²) in [6.45, 7) is 0. The summed E-state index contributed by atoms with van der Waals surface area (Å²) < 4.78 is 28.1. The van der Waals surface area contributed by atoms with E-state index >= 15 is 0 Å². The predicted octanol–water partition coefficient (Wildman–Crippen LogP) is 1.26. The van der Waals surface area contributed by atoms with Gasteiger partial charge >= 0.3 is 5.97 Å². The second kappa shape index (κ2) is 2.09. The van der Waals surface area contributed by atoms with Gasteiger partial charge in [-0.2, -0.15) is 4.39 Å². The van der Waals surface area contributed by atoms with Gasteiger partial charge in [0.15, 0.2) is 5.82 Å². The van der Waals surface area contributed by atoms with Crippen molar-refractivity contribution < 1.29 is 23.1 Å². The Bertz CT molecular complexity index is 266. The molecule has 5 heteroatoms. The number of carbonyl (C=O) groups is 1. The molecule has 0 spiro atoms. The van der Waals surface area contributed by atoms with Crippen molar-refractivity contribution in [2.45, 2.75) is 0 Å². The lowest BCUT2D eigenvalue weighted by Crippen LogP contribution is -1.96. The summed E-state index contributed by atoms with van der Waals surface area (Å²) in [4.78, 5) is 9.93. The Morgan fingerprint density at radius 1 is 1.60 bits per heavy atom. The van der Waals surface area contributed by atoms with Crippen molar-refractivity contribution in [3.63, 3.8) is 0 Å². The summed E-state index contributed by atoms with van der Waals surface area (Å²) in [5, 5.41) is 8.08. The summed E-state index contributed by atoms with van der Waals surface area (Å²) in [6.07, 6.45) is 0.402. The van der Waals surface area contributed by atoms with Gasteiger partial charge in [0.05, 0.1) is 0 Å². The molecule has 0 fully saturated rings. The van der Waals surface area contributed by atoms with Gasteiger partial charge in [-0.25, -0.2) is 9.18 Å². The second-order valence-electron chi connectivity index (χ2n) is 1.53. The van der Waals surface area contributed by atoms with E-state index in [0.29, 0.717) is 6.26 Å². The number of furan rings is 1. The number of hydrogen-bond acceptors (Lipinski definition) is 2. The molecule has 0 bridgehead atoms. The molecule has 3 nitrogen and oxygen atoms in total. The molecule has 0 amide bonds. The zero-order valence-electron chi connectivity index (χ0n) is 4.60. The fraction of sp³-hybridized carbons (Fsp3) is 0. The first-order valence-electron chi connectivity index (χ1n) is 2.28.